The van der Waals surface area contributed by atoms with Crippen LogP contribution >= 0.6 is 15.9 Å². The smallest absolute Gasteiger partial charge is 0.321 e. The van der Waals surface area contributed by atoms with Crippen molar-refractivity contribution in [2.75, 3.05) is 0 Å². The Kier molecular flexibility index (Phi) is 3.12. The molecule has 0 saturated heterocycles. The summed E-state index contributed by atoms with van der Waals surface area (Å²) in [7, 11) is 0. The van der Waals surface area contributed by atoms with Gasteiger partial charge in [0.25, 0.3) is 0 Å². The maximum absolute atomic E-state index is 11.2. The molecule has 1 aliphatic rings. The number of aromatic amines is 1. The summed E-state index contributed by atoms with van der Waals surface area (Å²) >= 11 is 3.39. The van der Waals surface area contributed by atoms with Crippen molar-refractivity contribution in [3.05, 3.63) is 52.0 Å². The van der Waals surface area contributed by atoms with Crippen molar-refractivity contribution < 1.29 is 9.90 Å². The molecule has 0 aliphatic carbocycles. The van der Waals surface area contributed by atoms with Crippen molar-refractivity contribution in [3.63, 3.8) is 0 Å². The molecule has 0 fully saturated rings. The van der Waals surface area contributed by atoms with Crippen LogP contribution in [0.25, 0.3) is 0 Å². The van der Waals surface area contributed by atoms with Gasteiger partial charge < -0.3 is 10.1 Å². The molecule has 2 heterocycles. The third-order valence-electron chi connectivity index (χ3n) is 3.30. The largest absolute Gasteiger partial charge is 0.480 e. The van der Waals surface area contributed by atoms with Crippen LogP contribution in [0.5, 0.6) is 0 Å². The van der Waals surface area contributed by atoms with Crippen molar-refractivity contribution in [2.45, 2.75) is 18.5 Å². The third-order valence-corrected chi connectivity index (χ3v) is 3.83. The average molecular weight is 322 g/mol. The van der Waals surface area contributed by atoms with Gasteiger partial charge in [0.1, 0.15) is 6.04 Å². The van der Waals surface area contributed by atoms with Gasteiger partial charge >= 0.3 is 5.97 Å². The van der Waals surface area contributed by atoms with Crippen LogP contribution in [0.1, 0.15) is 23.0 Å². The number of fused-ring (bicyclic) bond motifs is 1. The van der Waals surface area contributed by atoms with E-state index in [1.54, 1.807) is 6.33 Å². The summed E-state index contributed by atoms with van der Waals surface area (Å²) in [6.45, 7) is 0. The van der Waals surface area contributed by atoms with Crippen LogP contribution in [0.4, 0.5) is 0 Å². The molecule has 1 aromatic carbocycles. The number of nitrogens with zero attached hydrogens (tertiary/aromatic N) is 1. The molecule has 3 rings (SSSR count). The molecule has 1 aliphatic heterocycles. The van der Waals surface area contributed by atoms with E-state index in [1.807, 2.05) is 24.3 Å². The predicted molar refractivity (Wildman–Crippen MR) is 72.8 cm³/mol. The Hall–Kier alpha value is -1.66. The molecule has 0 saturated carbocycles. The van der Waals surface area contributed by atoms with Gasteiger partial charge in [0.05, 0.1) is 18.1 Å². The second-order valence-electron chi connectivity index (χ2n) is 4.51. The molecule has 1 aromatic heterocycles. The van der Waals surface area contributed by atoms with Crippen molar-refractivity contribution in [1.82, 2.24) is 15.3 Å². The van der Waals surface area contributed by atoms with E-state index in [0.29, 0.717) is 6.42 Å². The molecule has 3 N–H and O–H groups in total. The molecule has 5 nitrogen and oxygen atoms in total. The number of hydrogen-bond acceptors (Lipinski definition) is 3. The Morgan fingerprint density at radius 3 is 2.79 bits per heavy atom. The van der Waals surface area contributed by atoms with E-state index >= 15 is 0 Å². The molecular formula is C13H12BrN3O2. The van der Waals surface area contributed by atoms with Gasteiger partial charge in [0.2, 0.25) is 0 Å². The van der Waals surface area contributed by atoms with Crippen LogP contribution < -0.4 is 5.32 Å². The Morgan fingerprint density at radius 2 is 2.11 bits per heavy atom. The number of carboxylic acids is 1. The Morgan fingerprint density at radius 1 is 1.37 bits per heavy atom. The van der Waals surface area contributed by atoms with Crippen LogP contribution in [-0.2, 0) is 11.2 Å². The van der Waals surface area contributed by atoms with Gasteiger partial charge in [-0.25, -0.2) is 4.98 Å². The first-order valence-corrected chi connectivity index (χ1v) is 6.71. The lowest BCUT2D eigenvalue weighted by Gasteiger charge is -2.28. The zero-order valence-corrected chi connectivity index (χ0v) is 11.5. The Labute approximate surface area is 118 Å². The Bertz CT molecular complexity index is 609. The lowest BCUT2D eigenvalue weighted by Crippen LogP contribution is -2.45. The number of hydrogen-bond donors (Lipinski definition) is 3. The first kappa shape index (κ1) is 12.4. The van der Waals surface area contributed by atoms with E-state index in [0.717, 1.165) is 21.4 Å². The van der Waals surface area contributed by atoms with Crippen molar-refractivity contribution >= 4 is 21.9 Å². The second-order valence-corrected chi connectivity index (χ2v) is 5.43. The normalized spacial score (nSPS) is 21.9. The van der Waals surface area contributed by atoms with E-state index in [-0.39, 0.29) is 6.04 Å². The second kappa shape index (κ2) is 4.79. The number of carboxylic acid groups (broad SMARTS) is 1. The molecule has 2 atom stereocenters. The number of carbonyl (C=O) groups is 1. The Balaban J connectivity index is 2.00. The van der Waals surface area contributed by atoms with Gasteiger partial charge in [-0.15, -0.1) is 0 Å². The van der Waals surface area contributed by atoms with Gasteiger partial charge in [-0.3, -0.25) is 10.1 Å². The summed E-state index contributed by atoms with van der Waals surface area (Å²) in [6.07, 6.45) is 2.04. The van der Waals surface area contributed by atoms with Gasteiger partial charge in [0, 0.05) is 16.6 Å². The topological polar surface area (TPSA) is 78.0 Å². The van der Waals surface area contributed by atoms with Crippen LogP contribution in [0.2, 0.25) is 0 Å². The SMILES string of the molecule is O=C(O)[C@@H]1Cc2[nH]cnc2[C@@H](c2ccc(Br)cc2)N1. The van der Waals surface area contributed by atoms with Crippen molar-refractivity contribution in [1.29, 1.82) is 0 Å². The molecule has 19 heavy (non-hydrogen) atoms. The maximum Gasteiger partial charge on any atom is 0.321 e. The number of halogens is 1. The van der Waals surface area contributed by atoms with Crippen molar-refractivity contribution in [2.24, 2.45) is 0 Å². The molecular weight excluding hydrogens is 310 g/mol. The fourth-order valence-electron chi connectivity index (χ4n) is 2.35. The number of aromatic nitrogens is 2. The molecule has 0 radical (unpaired) electrons. The summed E-state index contributed by atoms with van der Waals surface area (Å²) in [4.78, 5) is 18.6. The van der Waals surface area contributed by atoms with Crippen LogP contribution in [0, 0.1) is 0 Å². The van der Waals surface area contributed by atoms with Crippen molar-refractivity contribution in [3.8, 4) is 0 Å². The van der Waals surface area contributed by atoms with E-state index in [1.165, 1.54) is 0 Å². The average Bonchev–Trinajstić information content (AvgIpc) is 2.86. The molecule has 0 spiro atoms. The molecule has 6 heteroatoms. The first-order chi connectivity index (χ1) is 9.15. The van der Waals surface area contributed by atoms with Gasteiger partial charge in [-0.1, -0.05) is 28.1 Å². The molecule has 0 amide bonds. The summed E-state index contributed by atoms with van der Waals surface area (Å²) in [5, 5.41) is 12.3. The van der Waals surface area contributed by atoms with E-state index in [2.05, 4.69) is 31.2 Å². The highest BCUT2D eigenvalue weighted by atomic mass is 79.9. The number of imidazole rings is 1. The highest BCUT2D eigenvalue weighted by Crippen LogP contribution is 2.29. The maximum atomic E-state index is 11.2. The van der Waals surface area contributed by atoms with Gasteiger partial charge in [0.15, 0.2) is 0 Å². The minimum Gasteiger partial charge on any atom is -0.480 e. The summed E-state index contributed by atoms with van der Waals surface area (Å²) in [5.41, 5.74) is 2.77. The lowest BCUT2D eigenvalue weighted by molar-refractivity contribution is -0.139. The van der Waals surface area contributed by atoms with Crippen LogP contribution in [0.15, 0.2) is 35.1 Å². The lowest BCUT2D eigenvalue weighted by atomic mass is 9.94. The highest BCUT2D eigenvalue weighted by Gasteiger charge is 2.32. The van der Waals surface area contributed by atoms with E-state index in [9.17, 15) is 9.90 Å². The van der Waals surface area contributed by atoms with E-state index in [4.69, 9.17) is 0 Å². The van der Waals surface area contributed by atoms with Gasteiger partial charge in [-0.05, 0) is 17.7 Å². The van der Waals surface area contributed by atoms with Crippen LogP contribution in [0.3, 0.4) is 0 Å². The summed E-state index contributed by atoms with van der Waals surface area (Å²) < 4.78 is 0.990. The number of H-pyrrole nitrogens is 1. The number of nitrogens with one attached hydrogen (secondary N) is 2. The zero-order chi connectivity index (χ0) is 13.4. The third kappa shape index (κ3) is 2.29. The monoisotopic (exact) mass is 321 g/mol. The van der Waals surface area contributed by atoms with Crippen LogP contribution in [-0.4, -0.2) is 27.1 Å². The van der Waals surface area contributed by atoms with E-state index < -0.39 is 12.0 Å². The molecule has 0 bridgehead atoms. The number of rotatable bonds is 2. The molecule has 0 unspecified atom stereocenters. The molecule has 98 valence electrons. The summed E-state index contributed by atoms with van der Waals surface area (Å²) in [5.74, 6) is -0.845. The number of benzene rings is 1. The minimum absolute atomic E-state index is 0.191. The summed E-state index contributed by atoms with van der Waals surface area (Å²) in [6, 6.07) is 7.02. The minimum atomic E-state index is -0.845. The molecule has 2 aromatic rings. The fourth-order valence-corrected chi connectivity index (χ4v) is 2.62. The number of aliphatic carboxylic acids is 1. The zero-order valence-electron chi connectivity index (χ0n) is 9.93. The van der Waals surface area contributed by atoms with Gasteiger partial charge in [-0.2, -0.15) is 0 Å². The standard InChI is InChI=1S/C13H12BrN3O2/c14-8-3-1-7(2-4-8)11-12-9(15-6-16-12)5-10(17-11)13(18)19/h1-4,6,10-11,17H,5H2,(H,15,16)(H,18,19)/t10-,11+/m0/s1. The highest BCUT2D eigenvalue weighted by molar-refractivity contribution is 9.10. The predicted octanol–water partition coefficient (Wildman–Crippen LogP) is 1.86. The quantitative estimate of drug-likeness (QED) is 0.789. The fraction of sp³-hybridized carbons (Fsp3) is 0.231. The first-order valence-electron chi connectivity index (χ1n) is 5.91.